The molecule has 2 aliphatic rings. The number of rotatable bonds is 8. The number of nitrogens with one attached hydrogen (secondary N) is 1. The molecule has 2 aliphatic heterocycles. The molecule has 1 unspecified atom stereocenters. The molecule has 4 heterocycles. The van der Waals surface area contributed by atoms with Crippen molar-refractivity contribution in [2.75, 3.05) is 24.3 Å². The Kier molecular flexibility index (Phi) is 6.75. The van der Waals surface area contributed by atoms with Gasteiger partial charge in [-0.2, -0.15) is 0 Å². The van der Waals surface area contributed by atoms with Crippen molar-refractivity contribution in [3.63, 3.8) is 0 Å². The largest absolute Gasteiger partial charge is 0.477 e. The van der Waals surface area contributed by atoms with Crippen molar-refractivity contribution in [3.8, 4) is 0 Å². The zero-order valence-electron chi connectivity index (χ0n) is 16.9. The number of nitrogens with two attached hydrogens (primary N) is 1. The smallest absolute Gasteiger partial charge is 0.352 e. The number of hydrogen-bond acceptors (Lipinski definition) is 13. The Morgan fingerprint density at radius 1 is 1.48 bits per heavy atom. The average Bonchev–Trinajstić information content (AvgIpc) is 3.32. The van der Waals surface area contributed by atoms with Crippen molar-refractivity contribution in [1.82, 2.24) is 30.4 Å². The van der Waals surface area contributed by atoms with E-state index in [0.717, 1.165) is 0 Å². The summed E-state index contributed by atoms with van der Waals surface area (Å²) in [7, 11) is 1.25. The van der Waals surface area contributed by atoms with Gasteiger partial charge in [0.1, 0.15) is 35.6 Å². The van der Waals surface area contributed by atoms with E-state index in [1.807, 2.05) is 0 Å². The van der Waals surface area contributed by atoms with E-state index >= 15 is 0 Å². The molecular weight excluding hydrogens is 492 g/mol. The minimum absolute atomic E-state index is 0.0728. The van der Waals surface area contributed by atoms with Crippen LogP contribution in [0.2, 0.25) is 0 Å². The van der Waals surface area contributed by atoms with E-state index in [1.54, 1.807) is 5.51 Å². The van der Waals surface area contributed by atoms with E-state index in [2.05, 4.69) is 30.6 Å². The van der Waals surface area contributed by atoms with Crippen LogP contribution in [0.3, 0.4) is 0 Å². The van der Waals surface area contributed by atoms with Crippen molar-refractivity contribution in [2.45, 2.75) is 15.8 Å². The summed E-state index contributed by atoms with van der Waals surface area (Å²) in [5, 5.41) is 23.1. The monoisotopic (exact) mass is 508 g/mol. The number of carbonyl (C=O) groups excluding carboxylic acids is 2. The predicted octanol–water partition coefficient (Wildman–Crippen LogP) is -0.208. The second kappa shape index (κ2) is 9.72. The van der Waals surface area contributed by atoms with E-state index < -0.39 is 29.2 Å². The SMILES string of the molecule is CO/N=C(\C(=O)NC1C(=O)N2C(C(=O)O)=C(CSc3nncs3)CS[C@H]12)c1nccc(N)n1. The molecule has 0 aliphatic carbocycles. The van der Waals surface area contributed by atoms with Gasteiger partial charge in [0.05, 0.1) is 0 Å². The van der Waals surface area contributed by atoms with Crippen molar-refractivity contribution in [2.24, 2.45) is 5.16 Å². The Hall–Kier alpha value is -3.24. The van der Waals surface area contributed by atoms with Gasteiger partial charge in [-0.1, -0.05) is 28.3 Å². The van der Waals surface area contributed by atoms with Crippen LogP contribution < -0.4 is 11.1 Å². The lowest BCUT2D eigenvalue weighted by molar-refractivity contribution is -0.150. The molecule has 1 fully saturated rings. The molecule has 0 bridgehead atoms. The Labute approximate surface area is 198 Å². The van der Waals surface area contributed by atoms with Crippen LogP contribution in [0.5, 0.6) is 0 Å². The van der Waals surface area contributed by atoms with E-state index in [4.69, 9.17) is 10.6 Å². The summed E-state index contributed by atoms with van der Waals surface area (Å²) in [6, 6.07) is 0.496. The first-order valence-corrected chi connectivity index (χ1v) is 12.1. The maximum atomic E-state index is 12.8. The molecule has 2 atom stereocenters. The average molecular weight is 509 g/mol. The maximum absolute atomic E-state index is 12.8. The second-order valence-electron chi connectivity index (χ2n) is 6.54. The summed E-state index contributed by atoms with van der Waals surface area (Å²) >= 11 is 4.06. The number of β-lactam (4-membered cyclic amide) rings is 1. The lowest BCUT2D eigenvalue weighted by Crippen LogP contribution is -2.71. The van der Waals surface area contributed by atoms with Crippen LogP contribution in [0.4, 0.5) is 5.82 Å². The Morgan fingerprint density at radius 2 is 2.30 bits per heavy atom. The third-order valence-corrected chi connectivity index (χ3v) is 7.82. The molecule has 0 radical (unpaired) electrons. The summed E-state index contributed by atoms with van der Waals surface area (Å²) in [6.45, 7) is 0. The van der Waals surface area contributed by atoms with Crippen LogP contribution in [0.1, 0.15) is 5.82 Å². The third kappa shape index (κ3) is 4.62. The summed E-state index contributed by atoms with van der Waals surface area (Å²) in [4.78, 5) is 51.4. The molecule has 4 rings (SSSR count). The standard InChI is InChI=1S/C17H16N8O5S3/c1-30-24-9(12-19-3-2-8(18)21-12)13(26)22-10-14(27)25-11(16(28)29)7(4-31-15(10)25)5-32-17-23-20-6-33-17/h2-3,6,10,15H,4-5H2,1H3,(H,22,26)(H,28,29)(H2,18,19,21)/b24-9-/t10?,15-/m1/s1. The highest BCUT2D eigenvalue weighted by Crippen LogP contribution is 2.41. The molecule has 2 aromatic rings. The number of oxime groups is 1. The molecule has 1 saturated heterocycles. The highest BCUT2D eigenvalue weighted by atomic mass is 32.2. The fourth-order valence-corrected chi connectivity index (χ4v) is 6.11. The second-order valence-corrected chi connectivity index (χ2v) is 9.70. The van der Waals surface area contributed by atoms with Gasteiger partial charge in [-0.3, -0.25) is 14.5 Å². The first kappa shape index (κ1) is 22.9. The number of carbonyl (C=O) groups is 3. The quantitative estimate of drug-likeness (QED) is 0.185. The zero-order chi connectivity index (χ0) is 23.5. The van der Waals surface area contributed by atoms with Gasteiger partial charge in [0.15, 0.2) is 10.2 Å². The van der Waals surface area contributed by atoms with Gasteiger partial charge >= 0.3 is 5.97 Å². The van der Waals surface area contributed by atoms with Gasteiger partial charge in [0, 0.05) is 17.7 Å². The maximum Gasteiger partial charge on any atom is 0.352 e. The van der Waals surface area contributed by atoms with Crippen molar-refractivity contribution in [1.29, 1.82) is 0 Å². The number of aliphatic carboxylic acids is 1. The number of carboxylic acid groups (broad SMARTS) is 1. The van der Waals surface area contributed by atoms with Crippen LogP contribution in [-0.4, -0.2) is 83.7 Å². The fraction of sp³-hybridized carbons (Fsp3) is 0.294. The van der Waals surface area contributed by atoms with Gasteiger partial charge in [-0.05, 0) is 11.6 Å². The molecule has 13 nitrogen and oxygen atoms in total. The van der Waals surface area contributed by atoms with Gasteiger partial charge < -0.3 is 21.0 Å². The summed E-state index contributed by atoms with van der Waals surface area (Å²) in [5.41, 5.74) is 7.48. The highest BCUT2D eigenvalue weighted by molar-refractivity contribution is 8.01. The van der Waals surface area contributed by atoms with Crippen molar-refractivity contribution < 1.29 is 24.3 Å². The van der Waals surface area contributed by atoms with Crippen LogP contribution in [0, 0.1) is 0 Å². The van der Waals surface area contributed by atoms with Crippen LogP contribution in [0.25, 0.3) is 0 Å². The molecular formula is C17H16N8O5S3. The van der Waals surface area contributed by atoms with Crippen LogP contribution in [0.15, 0.2) is 38.5 Å². The summed E-state index contributed by atoms with van der Waals surface area (Å²) < 4.78 is 0.702. The molecule has 2 amide bonds. The molecule has 33 heavy (non-hydrogen) atoms. The zero-order valence-corrected chi connectivity index (χ0v) is 19.3. The highest BCUT2D eigenvalue weighted by Gasteiger charge is 2.54. The van der Waals surface area contributed by atoms with E-state index in [1.165, 1.54) is 59.1 Å². The third-order valence-electron chi connectivity index (χ3n) is 4.53. The van der Waals surface area contributed by atoms with Crippen molar-refractivity contribution >= 4 is 64.2 Å². The van der Waals surface area contributed by atoms with E-state index in [0.29, 0.717) is 21.4 Å². The molecule has 16 heteroatoms. The first-order chi connectivity index (χ1) is 15.9. The molecule has 0 aromatic carbocycles. The lowest BCUT2D eigenvalue weighted by Gasteiger charge is -2.49. The normalized spacial score (nSPS) is 20.2. The fourth-order valence-electron chi connectivity index (χ4n) is 3.14. The Bertz CT molecular complexity index is 1160. The molecule has 0 saturated carbocycles. The number of amides is 2. The predicted molar refractivity (Wildman–Crippen MR) is 120 cm³/mol. The van der Waals surface area contributed by atoms with E-state index in [-0.39, 0.29) is 23.1 Å². The van der Waals surface area contributed by atoms with Crippen molar-refractivity contribution in [3.05, 3.63) is 34.9 Å². The number of fused-ring (bicyclic) bond motifs is 1. The van der Waals surface area contributed by atoms with Crippen LogP contribution in [-0.2, 0) is 19.2 Å². The Balaban J connectivity index is 1.50. The summed E-state index contributed by atoms with van der Waals surface area (Å²) in [6.07, 6.45) is 1.36. The number of nitrogen functional groups attached to an aromatic ring is 1. The number of carboxylic acids is 1. The minimum atomic E-state index is -1.21. The lowest BCUT2D eigenvalue weighted by atomic mass is 10.0. The van der Waals surface area contributed by atoms with Gasteiger partial charge in [-0.25, -0.2) is 14.8 Å². The first-order valence-electron chi connectivity index (χ1n) is 9.20. The molecule has 4 N–H and O–H groups in total. The van der Waals surface area contributed by atoms with Gasteiger partial charge in [0.2, 0.25) is 5.71 Å². The summed E-state index contributed by atoms with van der Waals surface area (Å²) in [5.74, 6) is -1.71. The topological polar surface area (TPSA) is 186 Å². The van der Waals surface area contributed by atoms with Gasteiger partial charge in [0.25, 0.3) is 11.8 Å². The minimum Gasteiger partial charge on any atom is -0.477 e. The molecule has 2 aromatic heterocycles. The Morgan fingerprint density at radius 3 is 2.97 bits per heavy atom. The number of thioether (sulfide) groups is 2. The molecule has 0 spiro atoms. The van der Waals surface area contributed by atoms with E-state index in [9.17, 15) is 19.5 Å². The van der Waals surface area contributed by atoms with Crippen LogP contribution >= 0.6 is 34.9 Å². The number of aromatic nitrogens is 4. The number of nitrogens with zero attached hydrogens (tertiary/aromatic N) is 6. The van der Waals surface area contributed by atoms with Gasteiger partial charge in [-0.15, -0.1) is 22.0 Å². The number of anilines is 1. The number of hydrogen-bond donors (Lipinski definition) is 3. The molecule has 172 valence electrons.